The second-order valence-electron chi connectivity index (χ2n) is 4.76. The van der Waals surface area contributed by atoms with Gasteiger partial charge in [-0.15, -0.1) is 11.3 Å². The van der Waals surface area contributed by atoms with Gasteiger partial charge in [-0.2, -0.15) is 0 Å². The summed E-state index contributed by atoms with van der Waals surface area (Å²) >= 11 is 1.56. The minimum absolute atomic E-state index is 0.0163. The maximum Gasteiger partial charge on any atom is 0.244 e. The van der Waals surface area contributed by atoms with Gasteiger partial charge in [0.2, 0.25) is 5.91 Å². The van der Waals surface area contributed by atoms with Crippen molar-refractivity contribution in [2.75, 3.05) is 6.61 Å². The molecule has 0 aliphatic heterocycles. The third-order valence-electron chi connectivity index (χ3n) is 3.29. The van der Waals surface area contributed by atoms with Crippen molar-refractivity contribution in [1.82, 2.24) is 10.3 Å². The van der Waals surface area contributed by atoms with E-state index in [2.05, 4.69) is 10.3 Å². The fourth-order valence-corrected chi connectivity index (χ4v) is 2.88. The van der Waals surface area contributed by atoms with Crippen LogP contribution in [0.4, 0.5) is 0 Å². The highest BCUT2D eigenvalue weighted by Crippen LogP contribution is 2.29. The third-order valence-corrected chi connectivity index (χ3v) is 4.09. The first-order chi connectivity index (χ1) is 8.63. The van der Waals surface area contributed by atoms with E-state index in [-0.39, 0.29) is 12.5 Å². The van der Waals surface area contributed by atoms with E-state index in [9.17, 15) is 9.90 Å². The molecule has 1 aromatic heterocycles. The first-order valence-electron chi connectivity index (χ1n) is 6.17. The summed E-state index contributed by atoms with van der Waals surface area (Å²) in [6, 6.07) is 0. The van der Waals surface area contributed by atoms with Crippen LogP contribution in [0.2, 0.25) is 0 Å². The lowest BCUT2D eigenvalue weighted by Crippen LogP contribution is -2.48. The summed E-state index contributed by atoms with van der Waals surface area (Å²) in [5.41, 5.74) is 0.400. The van der Waals surface area contributed by atoms with Crippen LogP contribution in [0.5, 0.6) is 0 Å². The number of nitrogens with one attached hydrogen (secondary N) is 1. The average molecular weight is 266 g/mol. The Bertz CT molecular complexity index is 448. The number of thiazole rings is 1. The monoisotopic (exact) mass is 266 g/mol. The Labute approximate surface area is 111 Å². The predicted molar refractivity (Wildman–Crippen MR) is 72.3 cm³/mol. The maximum absolute atomic E-state index is 11.8. The van der Waals surface area contributed by atoms with Gasteiger partial charge in [-0.3, -0.25) is 4.79 Å². The number of carbonyl (C=O) groups is 1. The number of aromatic nitrogens is 1. The molecule has 0 radical (unpaired) electrons. The van der Waals surface area contributed by atoms with E-state index >= 15 is 0 Å². The van der Waals surface area contributed by atoms with Gasteiger partial charge in [0.15, 0.2) is 0 Å². The fraction of sp³-hybridized carbons (Fsp3) is 0.538. The Balaban J connectivity index is 1.94. The van der Waals surface area contributed by atoms with Crippen molar-refractivity contribution in [3.05, 3.63) is 22.2 Å². The zero-order chi connectivity index (χ0) is 13.0. The van der Waals surface area contributed by atoms with Gasteiger partial charge in [-0.25, -0.2) is 4.98 Å². The minimum atomic E-state index is -0.403. The summed E-state index contributed by atoms with van der Waals surface area (Å²) in [6.07, 6.45) is 7.05. The molecular formula is C13H18N2O2S. The van der Waals surface area contributed by atoms with Crippen molar-refractivity contribution in [3.63, 3.8) is 0 Å². The van der Waals surface area contributed by atoms with Crippen LogP contribution < -0.4 is 5.32 Å². The molecule has 5 heteroatoms. The number of aryl methyl sites for hydroxylation is 1. The smallest absolute Gasteiger partial charge is 0.244 e. The van der Waals surface area contributed by atoms with Gasteiger partial charge >= 0.3 is 0 Å². The van der Waals surface area contributed by atoms with Crippen molar-refractivity contribution in [3.8, 4) is 0 Å². The molecule has 4 nitrogen and oxygen atoms in total. The molecule has 1 aliphatic carbocycles. The topological polar surface area (TPSA) is 62.2 Å². The molecule has 1 amide bonds. The predicted octanol–water partition coefficient (Wildman–Crippen LogP) is 1.89. The summed E-state index contributed by atoms with van der Waals surface area (Å²) in [5.74, 6) is -0.156. The van der Waals surface area contributed by atoms with Crippen molar-refractivity contribution in [2.45, 2.75) is 38.1 Å². The van der Waals surface area contributed by atoms with Crippen LogP contribution in [0.25, 0.3) is 6.08 Å². The first kappa shape index (κ1) is 13.2. The number of nitrogens with zero attached hydrogens (tertiary/aromatic N) is 1. The summed E-state index contributed by atoms with van der Waals surface area (Å²) in [5, 5.41) is 15.2. The number of carbonyl (C=O) groups excluding carboxylic acids is 1. The molecule has 1 heterocycles. The highest BCUT2D eigenvalue weighted by Gasteiger charge is 2.33. The van der Waals surface area contributed by atoms with Crippen molar-refractivity contribution in [1.29, 1.82) is 0 Å². The van der Waals surface area contributed by atoms with E-state index in [0.29, 0.717) is 0 Å². The van der Waals surface area contributed by atoms with Gasteiger partial charge in [0.25, 0.3) is 0 Å². The number of amides is 1. The van der Waals surface area contributed by atoms with Crippen molar-refractivity contribution < 1.29 is 9.90 Å². The Kier molecular flexibility index (Phi) is 4.14. The minimum Gasteiger partial charge on any atom is -0.394 e. The van der Waals surface area contributed by atoms with Gasteiger partial charge in [0.05, 0.1) is 22.8 Å². The largest absolute Gasteiger partial charge is 0.394 e. The summed E-state index contributed by atoms with van der Waals surface area (Å²) < 4.78 is 0. The zero-order valence-electron chi connectivity index (χ0n) is 10.5. The highest BCUT2D eigenvalue weighted by molar-refractivity contribution is 7.09. The van der Waals surface area contributed by atoms with Crippen LogP contribution in [0, 0.1) is 6.92 Å². The summed E-state index contributed by atoms with van der Waals surface area (Å²) in [6.45, 7) is 1.95. The molecule has 2 N–H and O–H groups in total. The van der Waals surface area contributed by atoms with Crippen LogP contribution in [-0.2, 0) is 4.79 Å². The van der Waals surface area contributed by atoms with Gasteiger partial charge in [0.1, 0.15) is 0 Å². The molecule has 0 aromatic carbocycles. The van der Waals surface area contributed by atoms with Crippen LogP contribution in [0.15, 0.2) is 11.5 Å². The van der Waals surface area contributed by atoms with Crippen molar-refractivity contribution >= 4 is 23.3 Å². The molecule has 0 spiro atoms. The Morgan fingerprint density at radius 3 is 2.89 bits per heavy atom. The Morgan fingerprint density at radius 1 is 1.61 bits per heavy atom. The van der Waals surface area contributed by atoms with Crippen molar-refractivity contribution in [2.24, 2.45) is 0 Å². The molecule has 0 saturated heterocycles. The van der Waals surface area contributed by atoms with E-state index in [4.69, 9.17) is 0 Å². The Hall–Kier alpha value is -1.20. The number of aliphatic hydroxyl groups excluding tert-OH is 1. The van der Waals surface area contributed by atoms with Gasteiger partial charge < -0.3 is 10.4 Å². The molecule has 2 rings (SSSR count). The van der Waals surface area contributed by atoms with Crippen LogP contribution in [0.3, 0.4) is 0 Å². The maximum atomic E-state index is 11.8. The third kappa shape index (κ3) is 3.17. The molecule has 18 heavy (non-hydrogen) atoms. The van der Waals surface area contributed by atoms with Gasteiger partial charge in [-0.05, 0) is 25.8 Å². The molecule has 1 saturated carbocycles. The van der Waals surface area contributed by atoms with E-state index in [1.165, 1.54) is 6.08 Å². The van der Waals surface area contributed by atoms with E-state index < -0.39 is 5.54 Å². The standard InChI is InChI=1S/C13H18N2O2S/c1-10-14-11(8-18-10)4-5-12(17)15-13(9-16)6-2-3-7-13/h4-5,8,16H,2-3,6-7,9H2,1H3,(H,15,17)/b5-4+. The van der Waals surface area contributed by atoms with E-state index in [1.54, 1.807) is 17.4 Å². The molecule has 1 fully saturated rings. The quantitative estimate of drug-likeness (QED) is 0.818. The lowest BCUT2D eigenvalue weighted by atomic mass is 9.99. The number of hydrogen-bond acceptors (Lipinski definition) is 4. The molecule has 1 aromatic rings. The van der Waals surface area contributed by atoms with E-state index in [0.717, 1.165) is 36.4 Å². The van der Waals surface area contributed by atoms with E-state index in [1.807, 2.05) is 12.3 Å². The molecule has 0 atom stereocenters. The molecule has 98 valence electrons. The van der Waals surface area contributed by atoms with Gasteiger partial charge in [0, 0.05) is 11.5 Å². The molecule has 0 unspecified atom stereocenters. The lowest BCUT2D eigenvalue weighted by molar-refractivity contribution is -0.118. The zero-order valence-corrected chi connectivity index (χ0v) is 11.3. The lowest BCUT2D eigenvalue weighted by Gasteiger charge is -2.27. The second kappa shape index (κ2) is 5.63. The van der Waals surface area contributed by atoms with Crippen LogP contribution in [-0.4, -0.2) is 28.1 Å². The number of rotatable bonds is 4. The number of hydrogen-bond donors (Lipinski definition) is 2. The highest BCUT2D eigenvalue weighted by atomic mass is 32.1. The fourth-order valence-electron chi connectivity index (χ4n) is 2.30. The average Bonchev–Trinajstić information content (AvgIpc) is 2.97. The second-order valence-corrected chi connectivity index (χ2v) is 5.82. The molecule has 0 bridgehead atoms. The molecular weight excluding hydrogens is 248 g/mol. The summed E-state index contributed by atoms with van der Waals surface area (Å²) in [4.78, 5) is 16.1. The summed E-state index contributed by atoms with van der Waals surface area (Å²) in [7, 11) is 0. The normalized spacial score (nSPS) is 18.3. The Morgan fingerprint density at radius 2 is 2.33 bits per heavy atom. The van der Waals surface area contributed by atoms with Crippen LogP contribution >= 0.6 is 11.3 Å². The molecule has 1 aliphatic rings. The van der Waals surface area contributed by atoms with Crippen LogP contribution in [0.1, 0.15) is 36.4 Å². The number of aliphatic hydroxyl groups is 1. The van der Waals surface area contributed by atoms with Gasteiger partial charge in [-0.1, -0.05) is 12.8 Å². The first-order valence-corrected chi connectivity index (χ1v) is 7.05. The SMILES string of the molecule is Cc1nc(/C=C/C(=O)NC2(CO)CCCC2)cs1.